The molecule has 0 heterocycles. The number of carbonyl (C=O) groups is 1. The summed E-state index contributed by atoms with van der Waals surface area (Å²) in [6, 6.07) is 5.80. The lowest BCUT2D eigenvalue weighted by molar-refractivity contribution is 0.130. The van der Waals surface area contributed by atoms with Gasteiger partial charge in [0.25, 0.3) is 0 Å². The number of ether oxygens (including phenoxy) is 1. The van der Waals surface area contributed by atoms with Crippen LogP contribution in [0.25, 0.3) is 0 Å². The van der Waals surface area contributed by atoms with Gasteiger partial charge in [-0.15, -0.1) is 11.8 Å². The Morgan fingerprint density at radius 3 is 2.83 bits per heavy atom. The van der Waals surface area contributed by atoms with Crippen molar-refractivity contribution in [2.45, 2.75) is 42.9 Å². The van der Waals surface area contributed by atoms with E-state index in [2.05, 4.69) is 21.2 Å². The molecule has 1 aliphatic carbocycles. The Balaban J connectivity index is 2.01. The molecule has 98 valence electrons. The van der Waals surface area contributed by atoms with Crippen molar-refractivity contribution in [1.29, 1.82) is 0 Å². The molecule has 1 aliphatic rings. The molecule has 0 bridgehead atoms. The molecule has 3 nitrogen and oxygen atoms in total. The van der Waals surface area contributed by atoms with E-state index >= 15 is 0 Å². The van der Waals surface area contributed by atoms with Crippen LogP contribution >= 0.6 is 27.7 Å². The fourth-order valence-electron chi connectivity index (χ4n) is 1.40. The molecule has 5 heteroatoms. The first-order valence-corrected chi connectivity index (χ1v) is 7.65. The van der Waals surface area contributed by atoms with E-state index in [9.17, 15) is 4.79 Å². The molecular formula is C13H16BrNO2S. The van der Waals surface area contributed by atoms with Crippen LogP contribution in [0, 0.1) is 0 Å². The molecule has 1 amide bonds. The maximum absolute atomic E-state index is 11.5. The Bertz CT molecular complexity index is 447. The van der Waals surface area contributed by atoms with Crippen LogP contribution < -0.4 is 5.32 Å². The van der Waals surface area contributed by atoms with Gasteiger partial charge >= 0.3 is 6.09 Å². The zero-order valence-electron chi connectivity index (χ0n) is 10.4. The normalized spacial score (nSPS) is 14.7. The summed E-state index contributed by atoms with van der Waals surface area (Å²) in [7, 11) is 0. The number of nitrogens with one attached hydrogen (secondary N) is 1. The number of hydrogen-bond acceptors (Lipinski definition) is 3. The van der Waals surface area contributed by atoms with Crippen LogP contribution in [-0.4, -0.2) is 17.4 Å². The molecule has 18 heavy (non-hydrogen) atoms. The number of amides is 1. The summed E-state index contributed by atoms with van der Waals surface area (Å²) in [5, 5.41) is 3.47. The van der Waals surface area contributed by atoms with Gasteiger partial charge in [-0.05, 0) is 60.8 Å². The standard InChI is InChI=1S/C13H16BrNO2S/c1-8(2)17-13(16)15-9-3-6-11(14)12(7-9)18-10-4-5-10/h3,6-8,10H,4-5H2,1-2H3,(H,15,16). The molecule has 1 N–H and O–H groups in total. The van der Waals surface area contributed by atoms with E-state index in [-0.39, 0.29) is 6.10 Å². The molecule has 1 aromatic rings. The average Bonchev–Trinajstić information content (AvgIpc) is 3.05. The highest BCUT2D eigenvalue weighted by Gasteiger charge is 2.23. The van der Waals surface area contributed by atoms with Gasteiger partial charge in [0.05, 0.1) is 6.10 Å². The highest BCUT2D eigenvalue weighted by atomic mass is 79.9. The number of anilines is 1. The van der Waals surface area contributed by atoms with Crippen molar-refractivity contribution in [3.05, 3.63) is 22.7 Å². The third-order valence-corrected chi connectivity index (χ3v) is 4.69. The van der Waals surface area contributed by atoms with Crippen LogP contribution in [0.3, 0.4) is 0 Å². The minimum atomic E-state index is -0.408. The summed E-state index contributed by atoms with van der Waals surface area (Å²) in [5.41, 5.74) is 0.770. The molecule has 2 rings (SSSR count). The molecule has 0 atom stereocenters. The van der Waals surface area contributed by atoms with Crippen LogP contribution in [0.5, 0.6) is 0 Å². The molecular weight excluding hydrogens is 314 g/mol. The summed E-state index contributed by atoms with van der Waals surface area (Å²) in [6.07, 6.45) is 2.05. The van der Waals surface area contributed by atoms with E-state index < -0.39 is 6.09 Å². The smallest absolute Gasteiger partial charge is 0.411 e. The topological polar surface area (TPSA) is 38.3 Å². The zero-order chi connectivity index (χ0) is 13.1. The van der Waals surface area contributed by atoms with Gasteiger partial charge in [-0.2, -0.15) is 0 Å². The highest BCUT2D eigenvalue weighted by molar-refractivity contribution is 9.10. The van der Waals surface area contributed by atoms with Crippen molar-refractivity contribution in [2.75, 3.05) is 5.32 Å². The van der Waals surface area contributed by atoms with E-state index in [1.54, 1.807) is 0 Å². The first kappa shape index (κ1) is 13.7. The molecule has 0 aliphatic heterocycles. The summed E-state index contributed by atoms with van der Waals surface area (Å²) >= 11 is 5.38. The van der Waals surface area contributed by atoms with Gasteiger partial charge in [0.2, 0.25) is 0 Å². The van der Waals surface area contributed by atoms with Crippen LogP contribution in [-0.2, 0) is 4.74 Å². The van der Waals surface area contributed by atoms with Crippen molar-refractivity contribution >= 4 is 39.5 Å². The Hall–Kier alpha value is -0.680. The van der Waals surface area contributed by atoms with Crippen molar-refractivity contribution in [3.63, 3.8) is 0 Å². The molecule has 1 aromatic carbocycles. The largest absolute Gasteiger partial charge is 0.447 e. The van der Waals surface area contributed by atoms with Crippen LogP contribution in [0.15, 0.2) is 27.6 Å². The van der Waals surface area contributed by atoms with Gasteiger partial charge in [0.15, 0.2) is 0 Å². The minimum absolute atomic E-state index is 0.110. The molecule has 0 spiro atoms. The molecule has 0 aromatic heterocycles. The maximum Gasteiger partial charge on any atom is 0.411 e. The quantitative estimate of drug-likeness (QED) is 0.872. The lowest BCUT2D eigenvalue weighted by Crippen LogP contribution is -2.17. The number of carbonyl (C=O) groups excluding carboxylic acids is 1. The molecule has 1 fully saturated rings. The lowest BCUT2D eigenvalue weighted by Gasteiger charge is -2.11. The van der Waals surface area contributed by atoms with E-state index in [4.69, 9.17) is 4.74 Å². The highest BCUT2D eigenvalue weighted by Crippen LogP contribution is 2.42. The second-order valence-electron chi connectivity index (χ2n) is 4.54. The van der Waals surface area contributed by atoms with E-state index in [0.29, 0.717) is 0 Å². The van der Waals surface area contributed by atoms with Gasteiger partial charge in [0.1, 0.15) is 0 Å². The van der Waals surface area contributed by atoms with Gasteiger partial charge in [-0.1, -0.05) is 0 Å². The molecule has 0 unspecified atom stereocenters. The van der Waals surface area contributed by atoms with Crippen LogP contribution in [0.2, 0.25) is 0 Å². The number of benzene rings is 1. The van der Waals surface area contributed by atoms with Crippen molar-refractivity contribution in [2.24, 2.45) is 0 Å². The Morgan fingerprint density at radius 1 is 1.50 bits per heavy atom. The first-order chi connectivity index (χ1) is 8.54. The average molecular weight is 330 g/mol. The third kappa shape index (κ3) is 4.21. The second kappa shape index (κ2) is 5.97. The first-order valence-electron chi connectivity index (χ1n) is 5.98. The van der Waals surface area contributed by atoms with E-state index in [1.165, 1.54) is 17.7 Å². The number of rotatable bonds is 4. The summed E-state index contributed by atoms with van der Waals surface area (Å²) in [4.78, 5) is 12.7. The third-order valence-electron chi connectivity index (χ3n) is 2.34. The number of halogens is 1. The Kier molecular flexibility index (Phi) is 4.56. The predicted molar refractivity (Wildman–Crippen MR) is 78.3 cm³/mol. The van der Waals surface area contributed by atoms with Crippen molar-refractivity contribution < 1.29 is 9.53 Å². The number of hydrogen-bond donors (Lipinski definition) is 1. The van der Waals surface area contributed by atoms with Gasteiger partial charge in [-0.25, -0.2) is 4.79 Å². The van der Waals surface area contributed by atoms with E-state index in [0.717, 1.165) is 15.4 Å². The van der Waals surface area contributed by atoms with Crippen molar-refractivity contribution in [3.8, 4) is 0 Å². The van der Waals surface area contributed by atoms with Crippen LogP contribution in [0.1, 0.15) is 26.7 Å². The SMILES string of the molecule is CC(C)OC(=O)Nc1ccc(Br)c(SC2CC2)c1. The fourth-order valence-corrected chi connectivity index (χ4v) is 3.03. The van der Waals surface area contributed by atoms with Gasteiger partial charge < -0.3 is 4.74 Å². The molecule has 0 saturated heterocycles. The predicted octanol–water partition coefficient (Wildman–Crippen LogP) is 4.66. The molecule has 1 saturated carbocycles. The Labute approximate surface area is 120 Å². The minimum Gasteiger partial charge on any atom is -0.447 e. The zero-order valence-corrected chi connectivity index (χ0v) is 12.8. The van der Waals surface area contributed by atoms with Crippen molar-refractivity contribution in [1.82, 2.24) is 0 Å². The lowest BCUT2D eigenvalue weighted by atomic mass is 10.3. The summed E-state index contributed by atoms with van der Waals surface area (Å²) in [6.45, 7) is 3.66. The number of thioether (sulfide) groups is 1. The molecule has 0 radical (unpaired) electrons. The van der Waals surface area contributed by atoms with Gasteiger partial charge in [-0.3, -0.25) is 5.32 Å². The monoisotopic (exact) mass is 329 g/mol. The summed E-state index contributed by atoms with van der Waals surface area (Å²) in [5.74, 6) is 0. The van der Waals surface area contributed by atoms with Gasteiger partial charge in [0, 0.05) is 20.3 Å². The van der Waals surface area contributed by atoms with E-state index in [1.807, 2.05) is 43.8 Å². The maximum atomic E-state index is 11.5. The Morgan fingerprint density at radius 2 is 2.22 bits per heavy atom. The second-order valence-corrected chi connectivity index (χ2v) is 6.74. The summed E-state index contributed by atoms with van der Waals surface area (Å²) < 4.78 is 6.12. The fraction of sp³-hybridized carbons (Fsp3) is 0.462. The van der Waals surface area contributed by atoms with Crippen LogP contribution in [0.4, 0.5) is 10.5 Å².